The van der Waals surface area contributed by atoms with Crippen molar-refractivity contribution in [3.8, 4) is 0 Å². The molecule has 26 heavy (non-hydrogen) atoms. The first-order chi connectivity index (χ1) is 12.8. The van der Waals surface area contributed by atoms with Crippen LogP contribution in [-0.4, -0.2) is 6.61 Å². The highest BCUT2D eigenvalue weighted by atomic mass is 16.5. The van der Waals surface area contributed by atoms with E-state index in [4.69, 9.17) is 4.74 Å². The Bertz CT molecular complexity index is 697. The number of rotatable bonds is 8. The molecule has 0 aromatic heterocycles. The average Bonchev–Trinajstić information content (AvgIpc) is 2.71. The maximum atomic E-state index is 6.75. The fraction of sp³-hybridized carbons (Fsp3) is 0.200. The van der Waals surface area contributed by atoms with Crippen LogP contribution in [0.25, 0.3) is 0 Å². The summed E-state index contributed by atoms with van der Waals surface area (Å²) in [5.41, 5.74) is 2.80. The Labute approximate surface area is 157 Å². The zero-order chi connectivity index (χ0) is 18.2. The molecule has 0 heterocycles. The molecule has 0 unspecified atom stereocenters. The highest BCUT2D eigenvalue weighted by molar-refractivity contribution is 5.47. The molecule has 0 radical (unpaired) electrons. The molecule has 1 nitrogen and oxygen atoms in total. The SMILES string of the molecule is C=CC[C@H](C)COC(c1ccccc1)(c1ccccc1)c1ccccc1. The first-order valence-corrected chi connectivity index (χ1v) is 9.19. The Balaban J connectivity index is 2.16. The third kappa shape index (κ3) is 3.79. The molecule has 3 aromatic rings. The minimum absolute atomic E-state index is 0.406. The zero-order valence-electron chi connectivity index (χ0n) is 15.3. The van der Waals surface area contributed by atoms with Crippen molar-refractivity contribution >= 4 is 0 Å². The molecule has 0 aliphatic carbocycles. The quantitative estimate of drug-likeness (QED) is 0.349. The number of benzene rings is 3. The van der Waals surface area contributed by atoms with Crippen molar-refractivity contribution in [2.24, 2.45) is 5.92 Å². The van der Waals surface area contributed by atoms with Crippen molar-refractivity contribution < 1.29 is 4.74 Å². The largest absolute Gasteiger partial charge is 0.361 e. The third-order valence-electron chi connectivity index (χ3n) is 4.69. The molecule has 0 spiro atoms. The lowest BCUT2D eigenvalue weighted by molar-refractivity contribution is -0.00473. The number of hydrogen-bond donors (Lipinski definition) is 0. The molecule has 0 amide bonds. The molecular formula is C25H26O. The van der Waals surface area contributed by atoms with E-state index >= 15 is 0 Å². The first kappa shape index (κ1) is 18.2. The van der Waals surface area contributed by atoms with Gasteiger partial charge in [-0.15, -0.1) is 6.58 Å². The summed E-state index contributed by atoms with van der Waals surface area (Å²) in [5, 5.41) is 0. The summed E-state index contributed by atoms with van der Waals surface area (Å²) >= 11 is 0. The van der Waals surface area contributed by atoms with Gasteiger partial charge in [-0.1, -0.05) is 104 Å². The molecule has 0 saturated heterocycles. The second-order valence-electron chi connectivity index (χ2n) is 6.72. The minimum Gasteiger partial charge on any atom is -0.361 e. The normalized spacial score (nSPS) is 12.5. The molecule has 1 heteroatoms. The van der Waals surface area contributed by atoms with Gasteiger partial charge < -0.3 is 4.74 Å². The smallest absolute Gasteiger partial charge is 0.143 e. The Kier molecular flexibility index (Phi) is 6.04. The van der Waals surface area contributed by atoms with Crippen LogP contribution in [0, 0.1) is 5.92 Å². The van der Waals surface area contributed by atoms with E-state index in [2.05, 4.69) is 86.3 Å². The second-order valence-corrected chi connectivity index (χ2v) is 6.72. The third-order valence-corrected chi connectivity index (χ3v) is 4.69. The average molecular weight is 342 g/mol. The fourth-order valence-electron chi connectivity index (χ4n) is 3.39. The Hall–Kier alpha value is -2.64. The van der Waals surface area contributed by atoms with E-state index in [1.807, 2.05) is 24.3 Å². The fourth-order valence-corrected chi connectivity index (χ4v) is 3.39. The van der Waals surface area contributed by atoms with Gasteiger partial charge in [0.25, 0.3) is 0 Å². The monoisotopic (exact) mass is 342 g/mol. The molecule has 132 valence electrons. The second kappa shape index (κ2) is 8.64. The molecule has 3 rings (SSSR count). The predicted molar refractivity (Wildman–Crippen MR) is 109 cm³/mol. The van der Waals surface area contributed by atoms with Crippen molar-refractivity contribution in [1.82, 2.24) is 0 Å². The van der Waals surface area contributed by atoms with Crippen LogP contribution < -0.4 is 0 Å². The van der Waals surface area contributed by atoms with Crippen LogP contribution in [0.5, 0.6) is 0 Å². The highest BCUT2D eigenvalue weighted by Crippen LogP contribution is 2.40. The lowest BCUT2D eigenvalue weighted by atomic mass is 9.80. The van der Waals surface area contributed by atoms with Gasteiger partial charge in [0.2, 0.25) is 0 Å². The van der Waals surface area contributed by atoms with Crippen molar-refractivity contribution in [2.75, 3.05) is 6.61 Å². The van der Waals surface area contributed by atoms with Crippen molar-refractivity contribution in [2.45, 2.75) is 18.9 Å². The Morgan fingerprint density at radius 3 is 1.50 bits per heavy atom. The summed E-state index contributed by atoms with van der Waals surface area (Å²) in [6.07, 6.45) is 2.90. The van der Waals surface area contributed by atoms with Crippen LogP contribution in [0.15, 0.2) is 104 Å². The number of allylic oxidation sites excluding steroid dienone is 1. The molecule has 0 aliphatic heterocycles. The molecule has 0 aliphatic rings. The van der Waals surface area contributed by atoms with Gasteiger partial charge in [-0.25, -0.2) is 0 Å². The molecule has 3 aromatic carbocycles. The number of ether oxygens (including phenoxy) is 1. The summed E-state index contributed by atoms with van der Waals surface area (Å²) < 4.78 is 6.75. The summed E-state index contributed by atoms with van der Waals surface area (Å²) in [5.74, 6) is 0.406. The van der Waals surface area contributed by atoms with E-state index in [1.54, 1.807) is 0 Å². The van der Waals surface area contributed by atoms with Crippen LogP contribution in [0.1, 0.15) is 30.0 Å². The van der Waals surface area contributed by atoms with Crippen LogP contribution in [0.2, 0.25) is 0 Å². The van der Waals surface area contributed by atoms with Crippen LogP contribution >= 0.6 is 0 Å². The molecule has 0 bridgehead atoms. The van der Waals surface area contributed by atoms with Crippen molar-refractivity contribution in [3.05, 3.63) is 120 Å². The standard InChI is InChI=1S/C25H26O/c1-3-13-21(2)20-26-25(22-14-7-4-8-15-22,23-16-9-5-10-17-23)24-18-11-6-12-19-24/h3-12,14-19,21H,1,13,20H2,2H3/t21-/m0/s1. The summed E-state index contributed by atoms with van der Waals surface area (Å²) in [6.45, 7) is 6.72. The molecule has 1 atom stereocenters. The van der Waals surface area contributed by atoms with Crippen LogP contribution in [0.3, 0.4) is 0 Å². The van der Waals surface area contributed by atoms with E-state index in [0.717, 1.165) is 23.1 Å². The maximum absolute atomic E-state index is 6.75. The topological polar surface area (TPSA) is 9.23 Å². The van der Waals surface area contributed by atoms with E-state index in [-0.39, 0.29) is 0 Å². The van der Waals surface area contributed by atoms with Gasteiger partial charge in [-0.2, -0.15) is 0 Å². The van der Waals surface area contributed by atoms with Gasteiger partial charge in [0.15, 0.2) is 0 Å². The zero-order valence-corrected chi connectivity index (χ0v) is 15.3. The lowest BCUT2D eigenvalue weighted by Crippen LogP contribution is -2.34. The van der Waals surface area contributed by atoms with E-state index in [0.29, 0.717) is 12.5 Å². The van der Waals surface area contributed by atoms with Gasteiger partial charge in [0.05, 0.1) is 6.61 Å². The molecular weight excluding hydrogens is 316 g/mol. The molecule has 0 saturated carbocycles. The van der Waals surface area contributed by atoms with Crippen LogP contribution in [-0.2, 0) is 10.3 Å². The van der Waals surface area contributed by atoms with Gasteiger partial charge in [0.1, 0.15) is 5.60 Å². The van der Waals surface area contributed by atoms with Gasteiger partial charge >= 0.3 is 0 Å². The summed E-state index contributed by atoms with van der Waals surface area (Å²) in [4.78, 5) is 0. The number of hydrogen-bond acceptors (Lipinski definition) is 1. The summed E-state index contributed by atoms with van der Waals surface area (Å²) in [7, 11) is 0. The summed E-state index contributed by atoms with van der Waals surface area (Å²) in [6, 6.07) is 31.5. The Morgan fingerprint density at radius 1 is 0.769 bits per heavy atom. The van der Waals surface area contributed by atoms with Gasteiger partial charge in [0, 0.05) is 0 Å². The lowest BCUT2D eigenvalue weighted by Gasteiger charge is -2.36. The van der Waals surface area contributed by atoms with Crippen molar-refractivity contribution in [3.63, 3.8) is 0 Å². The van der Waals surface area contributed by atoms with Crippen LogP contribution in [0.4, 0.5) is 0 Å². The van der Waals surface area contributed by atoms with E-state index in [9.17, 15) is 0 Å². The van der Waals surface area contributed by atoms with Gasteiger partial charge in [-0.05, 0) is 29.0 Å². The molecule has 0 N–H and O–H groups in total. The predicted octanol–water partition coefficient (Wildman–Crippen LogP) is 6.21. The first-order valence-electron chi connectivity index (χ1n) is 9.19. The Morgan fingerprint density at radius 2 is 1.15 bits per heavy atom. The van der Waals surface area contributed by atoms with Gasteiger partial charge in [-0.3, -0.25) is 0 Å². The van der Waals surface area contributed by atoms with E-state index in [1.165, 1.54) is 0 Å². The van der Waals surface area contributed by atoms with E-state index < -0.39 is 5.60 Å². The minimum atomic E-state index is -0.626. The highest BCUT2D eigenvalue weighted by Gasteiger charge is 2.37. The maximum Gasteiger partial charge on any atom is 0.143 e. The van der Waals surface area contributed by atoms with Crippen molar-refractivity contribution in [1.29, 1.82) is 0 Å². The molecule has 0 fully saturated rings.